The van der Waals surface area contributed by atoms with Crippen LogP contribution < -0.4 is 19.7 Å². The molecule has 19 heavy (non-hydrogen) atoms. The first-order valence-electron chi connectivity index (χ1n) is 6.59. The van der Waals surface area contributed by atoms with E-state index in [4.69, 9.17) is 21.1 Å². The molecule has 0 bridgehead atoms. The number of benzene rings is 1. The molecule has 4 nitrogen and oxygen atoms in total. The van der Waals surface area contributed by atoms with Crippen LogP contribution in [0.3, 0.4) is 0 Å². The summed E-state index contributed by atoms with van der Waals surface area (Å²) in [4.78, 5) is 2.32. The predicted octanol–water partition coefficient (Wildman–Crippen LogP) is 2.55. The number of anilines is 1. The van der Waals surface area contributed by atoms with Crippen molar-refractivity contribution >= 4 is 17.3 Å². The molecule has 1 fully saturated rings. The van der Waals surface area contributed by atoms with Crippen molar-refractivity contribution in [1.82, 2.24) is 5.32 Å². The lowest BCUT2D eigenvalue weighted by molar-refractivity contribution is 0.397. The van der Waals surface area contributed by atoms with Gasteiger partial charge in [-0.05, 0) is 6.42 Å². The van der Waals surface area contributed by atoms with E-state index in [2.05, 4.69) is 17.1 Å². The smallest absolute Gasteiger partial charge is 0.143 e. The Hall–Kier alpha value is -1.13. The molecule has 0 spiro atoms. The third-order valence-corrected chi connectivity index (χ3v) is 3.84. The van der Waals surface area contributed by atoms with E-state index in [1.807, 2.05) is 12.1 Å². The van der Waals surface area contributed by atoms with Crippen LogP contribution in [0, 0.1) is 0 Å². The van der Waals surface area contributed by atoms with Gasteiger partial charge in [0.05, 0.1) is 24.9 Å². The summed E-state index contributed by atoms with van der Waals surface area (Å²) in [5.74, 6) is 1.48. The number of hydrogen-bond donors (Lipinski definition) is 1. The van der Waals surface area contributed by atoms with Crippen LogP contribution in [0.15, 0.2) is 12.1 Å². The highest BCUT2D eigenvalue weighted by atomic mass is 35.5. The van der Waals surface area contributed by atoms with Gasteiger partial charge >= 0.3 is 0 Å². The van der Waals surface area contributed by atoms with Crippen LogP contribution in [0.2, 0.25) is 5.02 Å². The second-order valence-electron chi connectivity index (χ2n) is 4.66. The van der Waals surface area contributed by atoms with Gasteiger partial charge in [-0.15, -0.1) is 0 Å². The molecule has 0 amide bonds. The Kier molecular flexibility index (Phi) is 4.77. The number of rotatable bonds is 4. The van der Waals surface area contributed by atoms with Crippen molar-refractivity contribution in [2.75, 3.05) is 38.8 Å². The molecule has 0 aromatic heterocycles. The molecular formula is C14H21ClN2O2. The van der Waals surface area contributed by atoms with Crippen LogP contribution in [0.25, 0.3) is 0 Å². The summed E-state index contributed by atoms with van der Waals surface area (Å²) < 4.78 is 10.7. The number of piperazine rings is 1. The molecule has 2 rings (SSSR count). The summed E-state index contributed by atoms with van der Waals surface area (Å²) in [6, 6.07) is 4.29. The van der Waals surface area contributed by atoms with E-state index in [1.165, 1.54) is 0 Å². The van der Waals surface area contributed by atoms with Gasteiger partial charge in [0.15, 0.2) is 0 Å². The molecule has 0 radical (unpaired) electrons. The van der Waals surface area contributed by atoms with Gasteiger partial charge in [0, 0.05) is 37.8 Å². The molecule has 1 unspecified atom stereocenters. The Bertz CT molecular complexity index is 440. The monoisotopic (exact) mass is 284 g/mol. The van der Waals surface area contributed by atoms with Gasteiger partial charge in [-0.2, -0.15) is 0 Å². The Balaban J connectivity index is 2.31. The van der Waals surface area contributed by atoms with Gasteiger partial charge in [0.25, 0.3) is 0 Å². The summed E-state index contributed by atoms with van der Waals surface area (Å²) in [7, 11) is 3.30. The fourth-order valence-electron chi connectivity index (χ4n) is 2.41. The lowest BCUT2D eigenvalue weighted by Gasteiger charge is -2.35. The van der Waals surface area contributed by atoms with Crippen molar-refractivity contribution in [3.8, 4) is 11.5 Å². The SMILES string of the molecule is CCC1CN(c2cc(OC)c(Cl)cc2OC)CCN1. The Labute approximate surface area is 119 Å². The first-order valence-corrected chi connectivity index (χ1v) is 6.97. The van der Waals surface area contributed by atoms with Crippen molar-refractivity contribution in [2.45, 2.75) is 19.4 Å². The quantitative estimate of drug-likeness (QED) is 0.921. The van der Waals surface area contributed by atoms with Crippen LogP contribution in [0.5, 0.6) is 11.5 Å². The molecule has 0 saturated carbocycles. The Morgan fingerprint density at radius 2 is 2.05 bits per heavy atom. The lowest BCUT2D eigenvalue weighted by Crippen LogP contribution is -2.50. The van der Waals surface area contributed by atoms with E-state index in [0.717, 1.165) is 37.5 Å². The lowest BCUT2D eigenvalue weighted by atomic mass is 10.1. The summed E-state index contributed by atoms with van der Waals surface area (Å²) in [6.07, 6.45) is 1.11. The number of hydrogen-bond acceptors (Lipinski definition) is 4. The topological polar surface area (TPSA) is 33.7 Å². The third kappa shape index (κ3) is 3.07. The summed E-state index contributed by atoms with van der Waals surface area (Å²) in [6.45, 7) is 5.10. The average molecular weight is 285 g/mol. The van der Waals surface area contributed by atoms with Gasteiger partial charge in [-0.1, -0.05) is 18.5 Å². The molecule has 5 heteroatoms. The number of nitrogens with zero attached hydrogens (tertiary/aromatic N) is 1. The Morgan fingerprint density at radius 3 is 2.68 bits per heavy atom. The minimum absolute atomic E-state index is 0.514. The number of halogens is 1. The fraction of sp³-hybridized carbons (Fsp3) is 0.571. The van der Waals surface area contributed by atoms with Gasteiger partial charge in [0.1, 0.15) is 11.5 Å². The van der Waals surface area contributed by atoms with Crippen molar-refractivity contribution in [1.29, 1.82) is 0 Å². The van der Waals surface area contributed by atoms with Gasteiger partial charge in [-0.3, -0.25) is 0 Å². The number of nitrogens with one attached hydrogen (secondary N) is 1. The van der Waals surface area contributed by atoms with E-state index in [-0.39, 0.29) is 0 Å². The molecule has 1 aromatic carbocycles. The van der Waals surface area contributed by atoms with Crippen LogP contribution >= 0.6 is 11.6 Å². The number of methoxy groups -OCH3 is 2. The molecule has 1 aliphatic heterocycles. The first-order chi connectivity index (χ1) is 9.19. The zero-order valence-electron chi connectivity index (χ0n) is 11.7. The predicted molar refractivity (Wildman–Crippen MR) is 78.9 cm³/mol. The number of ether oxygens (including phenoxy) is 2. The second kappa shape index (κ2) is 6.35. The third-order valence-electron chi connectivity index (χ3n) is 3.54. The highest BCUT2D eigenvalue weighted by molar-refractivity contribution is 6.32. The average Bonchev–Trinajstić information content (AvgIpc) is 2.46. The molecule has 1 aromatic rings. The van der Waals surface area contributed by atoms with E-state index >= 15 is 0 Å². The molecule has 1 heterocycles. The maximum atomic E-state index is 6.14. The highest BCUT2D eigenvalue weighted by Crippen LogP contribution is 2.38. The van der Waals surface area contributed by atoms with Crippen molar-refractivity contribution in [3.63, 3.8) is 0 Å². The Morgan fingerprint density at radius 1 is 1.32 bits per heavy atom. The standard InChI is InChI=1S/C14H21ClN2O2/c1-4-10-9-17(6-5-16-10)12-8-13(18-2)11(15)7-14(12)19-3/h7-8,10,16H,4-6,9H2,1-3H3. The van der Waals surface area contributed by atoms with Crippen LogP contribution in [0.4, 0.5) is 5.69 Å². The molecule has 1 saturated heterocycles. The molecule has 1 aliphatic rings. The molecule has 0 aliphatic carbocycles. The summed E-state index contributed by atoms with van der Waals surface area (Å²) >= 11 is 6.14. The summed E-state index contributed by atoms with van der Waals surface area (Å²) in [5.41, 5.74) is 1.05. The van der Waals surface area contributed by atoms with Crippen LogP contribution in [-0.2, 0) is 0 Å². The zero-order valence-corrected chi connectivity index (χ0v) is 12.5. The van der Waals surface area contributed by atoms with Crippen molar-refractivity contribution in [3.05, 3.63) is 17.2 Å². The van der Waals surface area contributed by atoms with Gasteiger partial charge in [-0.25, -0.2) is 0 Å². The minimum atomic E-state index is 0.514. The molecular weight excluding hydrogens is 264 g/mol. The maximum absolute atomic E-state index is 6.14. The normalized spacial score (nSPS) is 19.4. The largest absolute Gasteiger partial charge is 0.495 e. The van der Waals surface area contributed by atoms with Crippen LogP contribution in [0.1, 0.15) is 13.3 Å². The van der Waals surface area contributed by atoms with E-state index in [9.17, 15) is 0 Å². The highest BCUT2D eigenvalue weighted by Gasteiger charge is 2.22. The van der Waals surface area contributed by atoms with Gasteiger partial charge < -0.3 is 19.7 Å². The van der Waals surface area contributed by atoms with Crippen LogP contribution in [-0.4, -0.2) is 39.9 Å². The van der Waals surface area contributed by atoms with Crippen molar-refractivity contribution in [2.24, 2.45) is 0 Å². The minimum Gasteiger partial charge on any atom is -0.495 e. The summed E-state index contributed by atoms with van der Waals surface area (Å²) in [5, 5.41) is 4.08. The second-order valence-corrected chi connectivity index (χ2v) is 5.07. The van der Waals surface area contributed by atoms with E-state index < -0.39 is 0 Å². The van der Waals surface area contributed by atoms with Gasteiger partial charge in [0.2, 0.25) is 0 Å². The molecule has 1 atom stereocenters. The van der Waals surface area contributed by atoms with E-state index in [1.54, 1.807) is 14.2 Å². The molecule has 106 valence electrons. The fourth-order valence-corrected chi connectivity index (χ4v) is 2.64. The maximum Gasteiger partial charge on any atom is 0.143 e. The zero-order chi connectivity index (χ0) is 13.8. The van der Waals surface area contributed by atoms with Crippen molar-refractivity contribution < 1.29 is 9.47 Å². The molecule has 1 N–H and O–H groups in total. The van der Waals surface area contributed by atoms with E-state index in [0.29, 0.717) is 16.8 Å². The first kappa shape index (κ1) is 14.3.